The van der Waals surface area contributed by atoms with E-state index in [2.05, 4.69) is 0 Å². The maximum Gasteiger partial charge on any atom is 0.341 e. The summed E-state index contributed by atoms with van der Waals surface area (Å²) in [5.41, 5.74) is -4.70. The Bertz CT molecular complexity index is 553. The van der Waals surface area contributed by atoms with Gasteiger partial charge >= 0.3 is 11.9 Å². The third-order valence-electron chi connectivity index (χ3n) is 4.07. The van der Waals surface area contributed by atoms with Crippen molar-refractivity contribution in [3.05, 3.63) is 0 Å². The Morgan fingerprint density at radius 2 is 0.833 bits per heavy atom. The Labute approximate surface area is 186 Å². The first kappa shape index (κ1) is 29.3. The summed E-state index contributed by atoms with van der Waals surface area (Å²) in [6.45, 7) is 26.5. The summed E-state index contributed by atoms with van der Waals surface area (Å²) >= 11 is 0. The molecule has 6 nitrogen and oxygen atoms in total. The van der Waals surface area contributed by atoms with Crippen LogP contribution in [0.25, 0.3) is 0 Å². The minimum atomic E-state index is -2.33. The van der Waals surface area contributed by atoms with E-state index in [4.69, 9.17) is 18.3 Å². The molecule has 0 fully saturated rings. The van der Waals surface area contributed by atoms with Gasteiger partial charge in [0.05, 0.1) is 0 Å². The molecule has 0 radical (unpaired) electrons. The highest BCUT2D eigenvalue weighted by Crippen LogP contribution is 2.43. The van der Waals surface area contributed by atoms with Crippen molar-refractivity contribution in [1.29, 1.82) is 0 Å². The van der Waals surface area contributed by atoms with E-state index in [0.29, 0.717) is 0 Å². The number of esters is 2. The van der Waals surface area contributed by atoms with Gasteiger partial charge in [-0.1, -0.05) is 13.8 Å². The van der Waals surface area contributed by atoms with Gasteiger partial charge in [-0.15, -0.1) is 0 Å². The van der Waals surface area contributed by atoms with Crippen LogP contribution in [-0.4, -0.2) is 51.0 Å². The first-order chi connectivity index (χ1) is 13.0. The van der Waals surface area contributed by atoms with Gasteiger partial charge in [-0.25, -0.2) is 9.59 Å². The van der Waals surface area contributed by atoms with Crippen molar-refractivity contribution in [3.63, 3.8) is 0 Å². The fourth-order valence-corrected chi connectivity index (χ4v) is 6.22. The second-order valence-electron chi connectivity index (χ2n) is 11.8. The van der Waals surface area contributed by atoms with Crippen LogP contribution in [-0.2, 0) is 27.9 Å². The van der Waals surface area contributed by atoms with Crippen molar-refractivity contribution in [2.75, 3.05) is 0 Å². The summed E-state index contributed by atoms with van der Waals surface area (Å²) in [4.78, 5) is 27.5. The molecule has 30 heavy (non-hydrogen) atoms. The molecule has 0 saturated heterocycles. The molecule has 0 aliphatic heterocycles. The molecule has 0 heterocycles. The van der Waals surface area contributed by atoms with E-state index in [1.165, 1.54) is 0 Å². The molecule has 0 bridgehead atoms. The van der Waals surface area contributed by atoms with Crippen LogP contribution in [0, 0.1) is 0 Å². The summed E-state index contributed by atoms with van der Waals surface area (Å²) in [5.74, 6) is -1.16. The molecule has 0 aromatic carbocycles. The van der Waals surface area contributed by atoms with Crippen LogP contribution in [0.3, 0.4) is 0 Å². The van der Waals surface area contributed by atoms with Crippen molar-refractivity contribution in [2.24, 2.45) is 0 Å². The van der Waals surface area contributed by atoms with E-state index >= 15 is 0 Å². The molecule has 2 unspecified atom stereocenters. The number of rotatable bonds is 9. The lowest BCUT2D eigenvalue weighted by atomic mass is 9.78. The van der Waals surface area contributed by atoms with Gasteiger partial charge in [0, 0.05) is 0 Å². The summed E-state index contributed by atoms with van der Waals surface area (Å²) in [6, 6.07) is 0. The molecule has 178 valence electrons. The molecular formula is C22H46O6Si2. The average Bonchev–Trinajstić information content (AvgIpc) is 2.44. The van der Waals surface area contributed by atoms with E-state index in [1.54, 1.807) is 41.5 Å². The van der Waals surface area contributed by atoms with Crippen molar-refractivity contribution in [1.82, 2.24) is 0 Å². The molecule has 2 atom stereocenters. The predicted octanol–water partition coefficient (Wildman–Crippen LogP) is 5.67. The Morgan fingerprint density at radius 3 is 0.967 bits per heavy atom. The van der Waals surface area contributed by atoms with Gasteiger partial charge < -0.3 is 18.3 Å². The normalized spacial score (nSPS) is 17.7. The van der Waals surface area contributed by atoms with Crippen LogP contribution < -0.4 is 0 Å². The van der Waals surface area contributed by atoms with Gasteiger partial charge in [-0.2, -0.15) is 0 Å². The first-order valence-corrected chi connectivity index (χ1v) is 17.7. The van der Waals surface area contributed by atoms with Gasteiger partial charge in [-0.3, -0.25) is 0 Å². The Hall–Kier alpha value is -0.706. The quantitative estimate of drug-likeness (QED) is 0.325. The standard InChI is InChI=1S/C22H46O6Si2/c1-15-21(27-29(9,10)11,17(23)25-19(3,4)5)22(16-2,28-30(12,13)14)18(24)26-20(6,7)8/h15-16H2,1-14H3. The number of hydrogen-bond donors (Lipinski definition) is 0. The molecule has 0 aromatic rings. The maximum absolute atomic E-state index is 13.8. The van der Waals surface area contributed by atoms with Gasteiger partial charge in [-0.05, 0) is 93.7 Å². The molecular weight excluding hydrogens is 416 g/mol. The number of hydrogen-bond acceptors (Lipinski definition) is 6. The van der Waals surface area contributed by atoms with Crippen LogP contribution in [0.15, 0.2) is 0 Å². The molecule has 0 aliphatic rings. The third-order valence-corrected chi connectivity index (χ3v) is 5.99. The number of carbonyl (C=O) groups excluding carboxylic acids is 2. The highest BCUT2D eigenvalue weighted by Gasteiger charge is 2.66. The minimum Gasteiger partial charge on any atom is -0.458 e. The van der Waals surface area contributed by atoms with Crippen molar-refractivity contribution >= 4 is 28.6 Å². The zero-order chi connectivity index (χ0) is 24.4. The molecule has 0 rings (SSSR count). The number of ether oxygens (including phenoxy) is 2. The molecule has 0 amide bonds. The zero-order valence-electron chi connectivity index (χ0n) is 21.9. The fraction of sp³-hybridized carbons (Fsp3) is 0.909. The SMILES string of the molecule is CCC(O[Si](C)(C)C)(C(=O)OC(C)(C)C)C(CC)(O[Si](C)(C)C)C(=O)OC(C)(C)C. The highest BCUT2D eigenvalue weighted by atomic mass is 28.4. The predicted molar refractivity (Wildman–Crippen MR) is 127 cm³/mol. The Balaban J connectivity index is 7.07. The molecule has 0 N–H and O–H groups in total. The molecule has 0 spiro atoms. The van der Waals surface area contributed by atoms with Gasteiger partial charge in [0.25, 0.3) is 0 Å². The zero-order valence-corrected chi connectivity index (χ0v) is 23.9. The first-order valence-electron chi connectivity index (χ1n) is 10.9. The topological polar surface area (TPSA) is 71.1 Å². The second kappa shape index (κ2) is 9.42. The van der Waals surface area contributed by atoms with Crippen LogP contribution >= 0.6 is 0 Å². The van der Waals surface area contributed by atoms with Crippen LogP contribution in [0.1, 0.15) is 68.2 Å². The number of carbonyl (C=O) groups is 2. The van der Waals surface area contributed by atoms with E-state index in [1.807, 2.05) is 53.1 Å². The monoisotopic (exact) mass is 462 g/mol. The van der Waals surface area contributed by atoms with Crippen LogP contribution in [0.4, 0.5) is 0 Å². The fourth-order valence-electron chi connectivity index (χ4n) is 3.35. The lowest BCUT2D eigenvalue weighted by Gasteiger charge is -2.51. The van der Waals surface area contributed by atoms with E-state index in [-0.39, 0.29) is 12.8 Å². The Morgan fingerprint density at radius 1 is 0.600 bits per heavy atom. The summed E-state index contributed by atoms with van der Waals surface area (Å²) in [7, 11) is -4.66. The lowest BCUT2D eigenvalue weighted by Crippen LogP contribution is -2.71. The maximum atomic E-state index is 13.8. The van der Waals surface area contributed by atoms with Gasteiger partial charge in [0.2, 0.25) is 0 Å². The highest BCUT2D eigenvalue weighted by molar-refractivity contribution is 6.70. The smallest absolute Gasteiger partial charge is 0.341 e. The van der Waals surface area contributed by atoms with Gasteiger partial charge in [0.1, 0.15) is 11.2 Å². The van der Waals surface area contributed by atoms with E-state index < -0.39 is 51.0 Å². The molecule has 0 aliphatic carbocycles. The molecule has 0 aromatic heterocycles. The largest absolute Gasteiger partial charge is 0.458 e. The summed E-state index contributed by atoms with van der Waals surface area (Å²) in [6.07, 6.45) is 0.452. The summed E-state index contributed by atoms with van der Waals surface area (Å²) < 4.78 is 24.8. The van der Waals surface area contributed by atoms with Gasteiger partial charge in [0.15, 0.2) is 27.8 Å². The third kappa shape index (κ3) is 8.09. The molecule has 0 saturated carbocycles. The lowest BCUT2D eigenvalue weighted by molar-refractivity contribution is -0.218. The van der Waals surface area contributed by atoms with E-state index in [9.17, 15) is 9.59 Å². The van der Waals surface area contributed by atoms with Crippen molar-refractivity contribution in [3.8, 4) is 0 Å². The van der Waals surface area contributed by atoms with E-state index in [0.717, 1.165) is 0 Å². The van der Waals surface area contributed by atoms with Crippen molar-refractivity contribution in [2.45, 2.75) is 130 Å². The average molecular weight is 463 g/mol. The van der Waals surface area contributed by atoms with Crippen molar-refractivity contribution < 1.29 is 27.9 Å². The van der Waals surface area contributed by atoms with Crippen LogP contribution in [0.2, 0.25) is 39.3 Å². The summed E-state index contributed by atoms with van der Waals surface area (Å²) in [5, 5.41) is 0. The second-order valence-corrected chi connectivity index (χ2v) is 20.7. The Kier molecular flexibility index (Phi) is 9.20. The minimum absolute atomic E-state index is 0.226. The van der Waals surface area contributed by atoms with Crippen LogP contribution in [0.5, 0.6) is 0 Å². The molecule has 8 heteroatoms.